The topological polar surface area (TPSA) is 69.2 Å². The predicted octanol–water partition coefficient (Wildman–Crippen LogP) is 4.59. The molecule has 30 heavy (non-hydrogen) atoms. The van der Waals surface area contributed by atoms with Crippen molar-refractivity contribution >= 4 is 0 Å². The van der Waals surface area contributed by atoms with Crippen molar-refractivity contribution in [1.82, 2.24) is 0 Å². The van der Waals surface area contributed by atoms with Crippen molar-refractivity contribution in [1.29, 1.82) is 0 Å². The average molecular weight is 450 g/mol. The fraction of sp³-hybridized carbons (Fsp3) is 0.217. The van der Waals surface area contributed by atoms with Crippen LogP contribution in [0.25, 0.3) is 0 Å². The van der Waals surface area contributed by atoms with Gasteiger partial charge in [0.15, 0.2) is 0 Å². The van der Waals surface area contributed by atoms with Gasteiger partial charge in [-0.25, -0.2) is 13.2 Å². The van der Waals surface area contributed by atoms with E-state index >= 15 is 0 Å². The Hall–Kier alpha value is -2.44. The van der Waals surface area contributed by atoms with Gasteiger partial charge in [-0.2, -0.15) is 0 Å². The van der Waals surface area contributed by atoms with Crippen LogP contribution in [0.1, 0.15) is 25.7 Å². The number of rotatable bonds is 0. The third-order valence-corrected chi connectivity index (χ3v) is 4.70. The normalized spacial score (nSPS) is 12.4. The molecule has 156 valence electrons. The maximum atomic E-state index is 11.9. The Kier molecular flexibility index (Phi) is 12.4. The van der Waals surface area contributed by atoms with Gasteiger partial charge in [0.2, 0.25) is 0 Å². The fourth-order valence-electron chi connectivity index (χ4n) is 2.23. The first-order valence-electron chi connectivity index (χ1n) is 9.25. The van der Waals surface area contributed by atoms with Gasteiger partial charge in [0.25, 0.3) is 0 Å². The summed E-state index contributed by atoms with van der Waals surface area (Å²) in [6.07, 6.45) is 5.95. The summed E-state index contributed by atoms with van der Waals surface area (Å²) in [5.74, 6) is -1.59. The molecule has 3 nitrogen and oxygen atoms in total. The minimum atomic E-state index is -0.371. The second-order valence-corrected chi connectivity index (χ2v) is 7.62. The summed E-state index contributed by atoms with van der Waals surface area (Å²) in [6, 6.07) is 14.0. The molecule has 0 radical (unpaired) electrons. The van der Waals surface area contributed by atoms with Crippen molar-refractivity contribution in [2.75, 3.05) is 0 Å². The van der Waals surface area contributed by atoms with Gasteiger partial charge in [0, 0.05) is 0 Å². The van der Waals surface area contributed by atoms with Crippen LogP contribution in [0.2, 0.25) is 4.22 Å². The van der Waals surface area contributed by atoms with Crippen LogP contribution in [0.4, 0.5) is 13.2 Å². The molecule has 1 fully saturated rings. The van der Waals surface area contributed by atoms with Gasteiger partial charge in [-0.15, -0.1) is 17.2 Å². The molecule has 1 aliphatic rings. The molecule has 1 aliphatic carbocycles. The van der Waals surface area contributed by atoms with E-state index < -0.39 is 0 Å². The van der Waals surface area contributed by atoms with Gasteiger partial charge in [0.1, 0.15) is 17.5 Å². The Bertz CT molecular complexity index is 653. The van der Waals surface area contributed by atoms with Crippen LogP contribution in [0.15, 0.2) is 72.8 Å². The average Bonchev–Trinajstić information content (AvgIpc) is 3.21. The zero-order valence-electron chi connectivity index (χ0n) is 16.2. The number of hydrogen-bond donors (Lipinski definition) is 0. The van der Waals surface area contributed by atoms with Gasteiger partial charge in [-0.1, -0.05) is 36.4 Å². The van der Waals surface area contributed by atoms with Crippen molar-refractivity contribution in [2.24, 2.45) is 0 Å². The van der Waals surface area contributed by atoms with Crippen LogP contribution in [0.5, 0.6) is 17.2 Å². The van der Waals surface area contributed by atoms with E-state index in [-0.39, 0.29) is 34.7 Å². The van der Waals surface area contributed by atoms with Gasteiger partial charge >= 0.3 is 50.3 Å². The van der Waals surface area contributed by atoms with E-state index in [1.54, 1.807) is 0 Å². The van der Waals surface area contributed by atoms with E-state index in [1.807, 2.05) is 0 Å². The molecule has 4 rings (SSSR count). The van der Waals surface area contributed by atoms with Crippen molar-refractivity contribution in [3.63, 3.8) is 0 Å². The summed E-state index contributed by atoms with van der Waals surface area (Å²) in [5, 5.41) is 30.8. The molecule has 0 heterocycles. The van der Waals surface area contributed by atoms with Crippen LogP contribution >= 0.6 is 0 Å². The van der Waals surface area contributed by atoms with E-state index in [2.05, 4.69) is 20.4 Å². The molecule has 7 heteroatoms. The van der Waals surface area contributed by atoms with E-state index in [1.165, 1.54) is 62.1 Å². The Morgan fingerprint density at radius 1 is 0.533 bits per heavy atom. The van der Waals surface area contributed by atoms with E-state index in [0.29, 0.717) is 0 Å². The minimum absolute atomic E-state index is 0.161. The second kappa shape index (κ2) is 14.5. The molecule has 0 N–H and O–H groups in total. The first-order chi connectivity index (χ1) is 14.3. The molecule has 0 aromatic heterocycles. The summed E-state index contributed by atoms with van der Waals surface area (Å²) in [4.78, 5) is 0. The monoisotopic (exact) mass is 450 g/mol. The van der Waals surface area contributed by atoms with E-state index in [9.17, 15) is 28.5 Å². The predicted molar refractivity (Wildman–Crippen MR) is 99.8 cm³/mol. The van der Waals surface area contributed by atoms with Crippen LogP contribution in [-0.4, -0.2) is 0 Å². The first-order valence-corrected chi connectivity index (χ1v) is 10.2. The third-order valence-electron chi connectivity index (χ3n) is 3.80. The quantitative estimate of drug-likeness (QED) is 0.471. The van der Waals surface area contributed by atoms with Gasteiger partial charge < -0.3 is 15.3 Å². The van der Waals surface area contributed by atoms with Crippen LogP contribution in [0, 0.1) is 17.5 Å². The molecule has 0 atom stereocenters. The summed E-state index contributed by atoms with van der Waals surface area (Å²) in [5.41, 5.74) is 0. The van der Waals surface area contributed by atoms with E-state index in [0.717, 1.165) is 40.6 Å². The SMILES string of the molecule is [O-]c1ccc(F)cc1.[O-]c1ccc(F)cc1.[O-]c1ccc(F)cc1.[Ti+3][CH]1CCCC1. The van der Waals surface area contributed by atoms with Crippen LogP contribution in [-0.2, 0) is 20.4 Å². The van der Waals surface area contributed by atoms with Gasteiger partial charge in [-0.3, -0.25) is 0 Å². The maximum absolute atomic E-state index is 11.9. The molecule has 0 bridgehead atoms. The van der Waals surface area contributed by atoms with Crippen molar-refractivity contribution < 1.29 is 48.9 Å². The summed E-state index contributed by atoms with van der Waals surface area (Å²) in [6.45, 7) is 0. The molecule has 0 aliphatic heterocycles. The van der Waals surface area contributed by atoms with Crippen molar-refractivity contribution in [2.45, 2.75) is 29.9 Å². The Balaban J connectivity index is 0.000000201. The molecule has 0 amide bonds. The number of benzene rings is 3. The molecule has 0 spiro atoms. The molecule has 3 aromatic rings. The first kappa shape index (κ1) is 25.6. The zero-order chi connectivity index (χ0) is 22.4. The fourth-order valence-corrected chi connectivity index (χ4v) is 2.87. The summed E-state index contributed by atoms with van der Waals surface area (Å²) in [7, 11) is 0. The van der Waals surface area contributed by atoms with Crippen LogP contribution < -0.4 is 15.3 Å². The number of hydrogen-bond acceptors (Lipinski definition) is 3. The summed E-state index contributed by atoms with van der Waals surface area (Å²) >= 11 is 2.34. The van der Waals surface area contributed by atoms with Crippen molar-refractivity contribution in [3.8, 4) is 17.2 Å². The van der Waals surface area contributed by atoms with Gasteiger partial charge in [-0.05, 0) is 36.4 Å². The van der Waals surface area contributed by atoms with E-state index in [4.69, 9.17) is 0 Å². The molecule has 0 saturated heterocycles. The molecule has 0 unspecified atom stereocenters. The standard InChI is InChI=1S/3C6H5FO.C5H9.Ti/c3*7-5-1-3-6(8)4-2-5;1-2-4-5-3-1;/h3*1-4,8H;1H,2-5H2;/q;;;;+3/p-3. The van der Waals surface area contributed by atoms with Crippen LogP contribution in [0.3, 0.4) is 0 Å². The number of halogens is 3. The molecule has 1 saturated carbocycles. The Morgan fingerprint density at radius 3 is 0.900 bits per heavy atom. The molecule has 3 aromatic carbocycles. The van der Waals surface area contributed by atoms with Crippen molar-refractivity contribution in [3.05, 3.63) is 90.2 Å². The Labute approximate surface area is 186 Å². The summed E-state index contributed by atoms with van der Waals surface area (Å²) < 4.78 is 36.9. The zero-order valence-corrected chi connectivity index (χ0v) is 17.8. The second-order valence-electron chi connectivity index (χ2n) is 6.34. The third kappa shape index (κ3) is 12.9. The van der Waals surface area contributed by atoms with Gasteiger partial charge in [0.05, 0.1) is 0 Å². The molecular weight excluding hydrogens is 429 g/mol. The Morgan fingerprint density at radius 2 is 0.767 bits per heavy atom. The molecular formula is C23H21F3O3Ti.